The van der Waals surface area contributed by atoms with Crippen LogP contribution in [0.5, 0.6) is 0 Å². The molecule has 0 unspecified atom stereocenters. The molecule has 0 saturated carbocycles. The smallest absolute Gasteiger partial charge is 0.394 e. The Hall–Kier alpha value is -2.41. The van der Waals surface area contributed by atoms with Crippen LogP contribution >= 0.6 is 0 Å². The van der Waals surface area contributed by atoms with E-state index in [1.165, 1.54) is 0 Å². The number of aliphatic hydroxyl groups excluding tert-OH is 3. The Morgan fingerprint density at radius 1 is 1.45 bits per heavy atom. The summed E-state index contributed by atoms with van der Waals surface area (Å²) in [5.41, 5.74) is -1.17. The highest BCUT2D eigenvalue weighted by Gasteiger charge is 2.44. The summed E-state index contributed by atoms with van der Waals surface area (Å²) in [5, 5.41) is 39.5. The van der Waals surface area contributed by atoms with Crippen molar-refractivity contribution in [1.29, 1.82) is 0 Å². The van der Waals surface area contributed by atoms with Gasteiger partial charge in [-0.2, -0.15) is 0 Å². The van der Waals surface area contributed by atoms with Crippen molar-refractivity contribution in [2.75, 3.05) is 6.61 Å². The van der Waals surface area contributed by atoms with Crippen LogP contribution in [0.1, 0.15) is 6.23 Å². The van der Waals surface area contributed by atoms with Gasteiger partial charge in [-0.3, -0.25) is 4.57 Å². The quantitative estimate of drug-likeness (QED) is 0.356. The zero-order chi connectivity index (χ0) is 16.0. The molecule has 12 nitrogen and oxygen atoms in total. The van der Waals surface area contributed by atoms with Crippen molar-refractivity contribution in [3.8, 4) is 0 Å². The molecule has 1 saturated heterocycles. The van der Waals surface area contributed by atoms with Gasteiger partial charge in [0.1, 0.15) is 24.6 Å². The van der Waals surface area contributed by atoms with Crippen LogP contribution in [0, 0.1) is 10.1 Å². The van der Waals surface area contributed by atoms with Crippen molar-refractivity contribution in [2.24, 2.45) is 0 Å². The number of aromatic amines is 1. The molecule has 3 heterocycles. The van der Waals surface area contributed by atoms with Gasteiger partial charge in [0, 0.05) is 0 Å². The summed E-state index contributed by atoms with van der Waals surface area (Å²) < 4.78 is 6.38. The van der Waals surface area contributed by atoms with Crippen LogP contribution in [0.15, 0.2) is 11.1 Å². The molecule has 12 heteroatoms. The number of imidazole rings is 1. The maximum absolute atomic E-state index is 11.7. The van der Waals surface area contributed by atoms with E-state index in [1.54, 1.807) is 0 Å². The molecular formula is C10H11N5O7. The highest BCUT2D eigenvalue weighted by atomic mass is 16.6. The number of ether oxygens (including phenoxy) is 1. The highest BCUT2D eigenvalue weighted by Crippen LogP contribution is 2.30. The van der Waals surface area contributed by atoms with Crippen molar-refractivity contribution in [3.05, 3.63) is 26.8 Å². The van der Waals surface area contributed by atoms with E-state index in [2.05, 4.69) is 9.97 Å². The monoisotopic (exact) mass is 313 g/mol. The molecule has 0 amide bonds. The van der Waals surface area contributed by atoms with Gasteiger partial charge in [0.25, 0.3) is 0 Å². The van der Waals surface area contributed by atoms with Gasteiger partial charge in [-0.25, -0.2) is 14.8 Å². The largest absolute Gasteiger partial charge is 0.437 e. The summed E-state index contributed by atoms with van der Waals surface area (Å²) in [6.07, 6.45) is -3.89. The second kappa shape index (κ2) is 5.10. The fourth-order valence-electron chi connectivity index (χ4n) is 2.30. The predicted molar refractivity (Wildman–Crippen MR) is 67.8 cm³/mol. The average Bonchev–Trinajstić information content (AvgIpc) is 3.02. The first-order valence-corrected chi connectivity index (χ1v) is 6.17. The highest BCUT2D eigenvalue weighted by molar-refractivity contribution is 5.70. The lowest BCUT2D eigenvalue weighted by Gasteiger charge is -2.15. The van der Waals surface area contributed by atoms with Crippen LogP contribution in [-0.4, -0.2) is 64.7 Å². The van der Waals surface area contributed by atoms with Crippen LogP contribution < -0.4 is 5.56 Å². The van der Waals surface area contributed by atoms with E-state index < -0.39 is 47.6 Å². The third-order valence-electron chi connectivity index (χ3n) is 3.38. The van der Waals surface area contributed by atoms with Crippen LogP contribution in [0.3, 0.4) is 0 Å². The lowest BCUT2D eigenvalue weighted by atomic mass is 10.1. The number of fused-ring (bicyclic) bond motifs is 1. The molecule has 22 heavy (non-hydrogen) atoms. The molecule has 0 spiro atoms. The van der Waals surface area contributed by atoms with Gasteiger partial charge in [-0.05, 0) is 9.91 Å². The molecule has 3 rings (SSSR count). The van der Waals surface area contributed by atoms with Gasteiger partial charge in [-0.15, -0.1) is 0 Å². The van der Waals surface area contributed by atoms with E-state index in [1.807, 2.05) is 4.98 Å². The van der Waals surface area contributed by atoms with Crippen LogP contribution in [0.2, 0.25) is 0 Å². The number of nitro groups is 1. The molecule has 2 aromatic rings. The van der Waals surface area contributed by atoms with Gasteiger partial charge < -0.3 is 30.2 Å². The molecule has 2 aromatic heterocycles. The number of H-pyrrole nitrogens is 1. The van der Waals surface area contributed by atoms with E-state index >= 15 is 0 Å². The van der Waals surface area contributed by atoms with Crippen molar-refractivity contribution in [3.63, 3.8) is 0 Å². The number of hydrogen-bond donors (Lipinski definition) is 4. The normalized spacial score (nSPS) is 28.3. The second-order valence-electron chi connectivity index (χ2n) is 4.70. The molecule has 4 atom stereocenters. The van der Waals surface area contributed by atoms with E-state index in [0.29, 0.717) is 0 Å². The van der Waals surface area contributed by atoms with E-state index in [9.17, 15) is 25.1 Å². The van der Waals surface area contributed by atoms with Gasteiger partial charge in [0.15, 0.2) is 6.23 Å². The SMILES string of the molecule is O=c1[nH]c([N+](=O)[O-])nc2c1ncn2[C@@H]1O[C@H](CO)[C@@H](O)[C@@H]1O. The minimum Gasteiger partial charge on any atom is -0.394 e. The molecule has 1 fully saturated rings. The predicted octanol–water partition coefficient (Wildman–Crippen LogP) is -2.36. The zero-order valence-electron chi connectivity index (χ0n) is 10.9. The van der Waals surface area contributed by atoms with Gasteiger partial charge in [0.05, 0.1) is 6.61 Å². The van der Waals surface area contributed by atoms with E-state index in [4.69, 9.17) is 9.84 Å². The minimum atomic E-state index is -1.42. The third kappa shape index (κ3) is 2.05. The van der Waals surface area contributed by atoms with E-state index in [0.717, 1.165) is 10.9 Å². The molecule has 0 aromatic carbocycles. The first kappa shape index (κ1) is 14.5. The summed E-state index contributed by atoms with van der Waals surface area (Å²) in [6.45, 7) is -0.532. The lowest BCUT2D eigenvalue weighted by molar-refractivity contribution is -0.394. The first-order valence-electron chi connectivity index (χ1n) is 6.17. The standard InChI is InChI=1S/C10H11N5O7/c16-1-3-5(17)6(18)9(22-3)14-2-11-4-7(14)12-10(15(20)21)13-8(4)19/h2-3,5-6,9,16-18H,1H2,(H,12,13,19)/t3-,5-,6+,9-/m1/s1. The minimum absolute atomic E-state index is 0.176. The summed E-state index contributed by atoms with van der Waals surface area (Å²) in [5.74, 6) is -0.786. The van der Waals surface area contributed by atoms with Crippen LogP contribution in [0.25, 0.3) is 11.2 Å². The van der Waals surface area contributed by atoms with Crippen molar-refractivity contribution in [1.82, 2.24) is 19.5 Å². The zero-order valence-corrected chi connectivity index (χ0v) is 10.9. The summed E-state index contributed by atoms with van der Waals surface area (Å²) in [4.78, 5) is 31.0. The maximum Gasteiger partial charge on any atom is 0.437 e. The molecule has 0 bridgehead atoms. The Kier molecular flexibility index (Phi) is 3.37. The molecule has 4 N–H and O–H groups in total. The lowest BCUT2D eigenvalue weighted by Crippen LogP contribution is -2.33. The number of nitrogens with one attached hydrogen (secondary N) is 1. The molecular weight excluding hydrogens is 302 g/mol. The Bertz CT molecular complexity index is 786. The molecule has 118 valence electrons. The number of aliphatic hydroxyl groups is 3. The van der Waals surface area contributed by atoms with Crippen molar-refractivity contribution in [2.45, 2.75) is 24.5 Å². The average molecular weight is 313 g/mol. The van der Waals surface area contributed by atoms with Crippen molar-refractivity contribution < 1.29 is 25.0 Å². The van der Waals surface area contributed by atoms with Crippen LogP contribution in [0.4, 0.5) is 5.95 Å². The third-order valence-corrected chi connectivity index (χ3v) is 3.38. The molecule has 1 aliphatic heterocycles. The number of aromatic nitrogens is 4. The summed E-state index contributed by atoms with van der Waals surface area (Å²) >= 11 is 0. The number of rotatable bonds is 3. The summed E-state index contributed by atoms with van der Waals surface area (Å²) in [6, 6.07) is 0. The van der Waals surface area contributed by atoms with Crippen LogP contribution in [-0.2, 0) is 4.74 Å². The van der Waals surface area contributed by atoms with Gasteiger partial charge in [0.2, 0.25) is 11.2 Å². The van der Waals surface area contributed by atoms with E-state index in [-0.39, 0.29) is 11.2 Å². The molecule has 0 aliphatic carbocycles. The molecule has 0 radical (unpaired) electrons. The fraction of sp³-hybridized carbons (Fsp3) is 0.500. The first-order chi connectivity index (χ1) is 10.4. The second-order valence-corrected chi connectivity index (χ2v) is 4.70. The Morgan fingerprint density at radius 3 is 2.77 bits per heavy atom. The van der Waals surface area contributed by atoms with Crippen molar-refractivity contribution >= 4 is 17.1 Å². The Labute approximate surface area is 120 Å². The molecule has 1 aliphatic rings. The van der Waals surface area contributed by atoms with Gasteiger partial charge >= 0.3 is 11.5 Å². The Balaban J connectivity index is 2.12. The number of nitrogens with zero attached hydrogens (tertiary/aromatic N) is 4. The Morgan fingerprint density at radius 2 is 2.18 bits per heavy atom. The number of hydrogen-bond acceptors (Lipinski definition) is 9. The fourth-order valence-corrected chi connectivity index (χ4v) is 2.30. The topological polar surface area (TPSA) is 177 Å². The maximum atomic E-state index is 11.7. The summed E-state index contributed by atoms with van der Waals surface area (Å²) in [7, 11) is 0. The van der Waals surface area contributed by atoms with Gasteiger partial charge in [-0.1, -0.05) is 0 Å².